The molecule has 4 heteroatoms. The van der Waals surface area contributed by atoms with Gasteiger partial charge in [-0.05, 0) is 30.7 Å². The van der Waals surface area contributed by atoms with E-state index in [4.69, 9.17) is 0 Å². The molecule has 22 heavy (non-hydrogen) atoms. The molecule has 0 aliphatic rings. The Balaban J connectivity index is 2.18. The molecule has 110 valence electrons. The fourth-order valence-electron chi connectivity index (χ4n) is 1.97. The van der Waals surface area contributed by atoms with Crippen LogP contribution in [0.5, 0.6) is 0 Å². The lowest BCUT2D eigenvalue weighted by atomic mass is 10.2. The summed E-state index contributed by atoms with van der Waals surface area (Å²) < 4.78 is 0. The van der Waals surface area contributed by atoms with Gasteiger partial charge in [-0.25, -0.2) is 0 Å². The van der Waals surface area contributed by atoms with Crippen LogP contribution in [0.15, 0.2) is 66.4 Å². The minimum Gasteiger partial charge on any atom is -0.350 e. The Hall–Kier alpha value is -3.06. The quantitative estimate of drug-likeness (QED) is 0.693. The van der Waals surface area contributed by atoms with E-state index in [1.165, 1.54) is 6.20 Å². The summed E-state index contributed by atoms with van der Waals surface area (Å²) in [5.74, 6) is -0.417. The first-order valence-corrected chi connectivity index (χ1v) is 6.88. The largest absolute Gasteiger partial charge is 0.350 e. The van der Waals surface area contributed by atoms with Gasteiger partial charge in [0.1, 0.15) is 11.6 Å². The maximum atomic E-state index is 12.2. The molecule has 0 saturated heterocycles. The van der Waals surface area contributed by atoms with Gasteiger partial charge >= 0.3 is 0 Å². The summed E-state index contributed by atoms with van der Waals surface area (Å²) in [6.07, 6.45) is 1.53. The van der Waals surface area contributed by atoms with E-state index in [1.807, 2.05) is 67.6 Å². The molecule has 0 atom stereocenters. The number of hydrogen-bond acceptors (Lipinski definition) is 3. The Bertz CT molecular complexity index is 729. The van der Waals surface area contributed by atoms with E-state index in [0.717, 1.165) is 11.3 Å². The maximum absolute atomic E-state index is 12.2. The molecule has 4 nitrogen and oxygen atoms in total. The first-order chi connectivity index (χ1) is 10.6. The summed E-state index contributed by atoms with van der Waals surface area (Å²) in [7, 11) is 1.80. The molecular formula is C18H17N3O. The third-order valence-electron chi connectivity index (χ3n) is 3.24. The van der Waals surface area contributed by atoms with Crippen LogP contribution in [-0.4, -0.2) is 13.0 Å². The number of rotatable bonds is 4. The van der Waals surface area contributed by atoms with Crippen LogP contribution in [0.25, 0.3) is 0 Å². The van der Waals surface area contributed by atoms with Gasteiger partial charge in [-0.15, -0.1) is 0 Å². The summed E-state index contributed by atoms with van der Waals surface area (Å²) in [5.41, 5.74) is 2.61. The monoisotopic (exact) mass is 291 g/mol. The van der Waals surface area contributed by atoms with Gasteiger partial charge in [-0.3, -0.25) is 4.79 Å². The van der Waals surface area contributed by atoms with Crippen molar-refractivity contribution >= 4 is 17.3 Å². The Morgan fingerprint density at radius 2 is 1.77 bits per heavy atom. The second-order valence-electron chi connectivity index (χ2n) is 4.87. The topological polar surface area (TPSA) is 56.1 Å². The predicted molar refractivity (Wildman–Crippen MR) is 88.3 cm³/mol. The number of nitrogens with one attached hydrogen (secondary N) is 1. The highest BCUT2D eigenvalue weighted by atomic mass is 16.1. The molecule has 2 rings (SSSR count). The lowest BCUT2D eigenvalue weighted by molar-refractivity contribution is -0.112. The summed E-state index contributed by atoms with van der Waals surface area (Å²) in [4.78, 5) is 14.0. The number of benzene rings is 2. The normalized spacial score (nSPS) is 10.7. The van der Waals surface area contributed by atoms with Crippen LogP contribution in [-0.2, 0) is 4.79 Å². The van der Waals surface area contributed by atoms with Gasteiger partial charge < -0.3 is 10.2 Å². The molecule has 0 saturated carbocycles. The van der Waals surface area contributed by atoms with Gasteiger partial charge in [0.2, 0.25) is 0 Å². The lowest BCUT2D eigenvalue weighted by Gasteiger charge is -2.15. The Kier molecular flexibility index (Phi) is 4.94. The first-order valence-electron chi connectivity index (χ1n) is 6.88. The molecule has 0 aromatic heterocycles. The van der Waals surface area contributed by atoms with Gasteiger partial charge in [-0.1, -0.05) is 36.4 Å². The number of nitrogens with zero attached hydrogens (tertiary/aromatic N) is 2. The molecule has 2 aromatic carbocycles. The van der Waals surface area contributed by atoms with E-state index in [1.54, 1.807) is 11.9 Å². The van der Waals surface area contributed by atoms with Crippen molar-refractivity contribution in [3.05, 3.63) is 71.9 Å². The molecule has 0 radical (unpaired) electrons. The van der Waals surface area contributed by atoms with E-state index in [9.17, 15) is 10.1 Å². The number of amides is 1. The van der Waals surface area contributed by atoms with Crippen LogP contribution in [0.4, 0.5) is 11.4 Å². The fraction of sp³-hybridized carbons (Fsp3) is 0.111. The van der Waals surface area contributed by atoms with Crippen molar-refractivity contribution in [2.24, 2.45) is 0 Å². The van der Waals surface area contributed by atoms with Gasteiger partial charge in [-0.2, -0.15) is 5.26 Å². The molecular weight excluding hydrogens is 274 g/mol. The standard InChI is InChI=1S/C18H17N3O/c1-14-8-6-7-11-17(14)20-18(22)15(12-19)13-21(2)16-9-4-3-5-10-16/h3-11,13H,1-2H3,(H,20,22)/b15-13-. The van der Waals surface area contributed by atoms with Crippen LogP contribution >= 0.6 is 0 Å². The van der Waals surface area contributed by atoms with Gasteiger partial charge in [0.25, 0.3) is 5.91 Å². The van der Waals surface area contributed by atoms with Crippen molar-refractivity contribution in [2.75, 3.05) is 17.3 Å². The van der Waals surface area contributed by atoms with E-state index in [-0.39, 0.29) is 5.57 Å². The number of aryl methyl sites for hydroxylation is 1. The highest BCUT2D eigenvalue weighted by molar-refractivity contribution is 6.07. The molecule has 0 spiro atoms. The van der Waals surface area contributed by atoms with Crippen molar-refractivity contribution in [1.82, 2.24) is 0 Å². The van der Waals surface area contributed by atoms with Gasteiger partial charge in [0, 0.05) is 24.6 Å². The van der Waals surface area contributed by atoms with Crippen LogP contribution in [0, 0.1) is 18.3 Å². The van der Waals surface area contributed by atoms with Crippen molar-refractivity contribution in [3.63, 3.8) is 0 Å². The molecule has 2 aromatic rings. The molecule has 0 fully saturated rings. The smallest absolute Gasteiger partial charge is 0.267 e. The summed E-state index contributed by atoms with van der Waals surface area (Å²) >= 11 is 0. The minimum atomic E-state index is -0.417. The molecule has 0 heterocycles. The highest BCUT2D eigenvalue weighted by Crippen LogP contribution is 2.16. The van der Waals surface area contributed by atoms with Gasteiger partial charge in [0.05, 0.1) is 0 Å². The van der Waals surface area contributed by atoms with E-state index in [2.05, 4.69) is 5.32 Å². The zero-order valence-electron chi connectivity index (χ0n) is 12.6. The number of para-hydroxylation sites is 2. The van der Waals surface area contributed by atoms with Crippen molar-refractivity contribution in [3.8, 4) is 6.07 Å². The minimum absolute atomic E-state index is 0.0506. The lowest BCUT2D eigenvalue weighted by Crippen LogP contribution is -2.18. The molecule has 0 aliphatic heterocycles. The fourth-order valence-corrected chi connectivity index (χ4v) is 1.97. The molecule has 0 aliphatic carbocycles. The van der Waals surface area contributed by atoms with Crippen LogP contribution < -0.4 is 10.2 Å². The number of carbonyl (C=O) groups is 1. The maximum Gasteiger partial charge on any atom is 0.267 e. The first kappa shape index (κ1) is 15.3. The van der Waals surface area contributed by atoms with Crippen molar-refractivity contribution < 1.29 is 4.79 Å². The SMILES string of the molecule is Cc1ccccc1NC(=O)/C(C#N)=C\N(C)c1ccccc1. The number of anilines is 2. The average molecular weight is 291 g/mol. The third kappa shape index (κ3) is 3.74. The summed E-state index contributed by atoms with van der Waals surface area (Å²) in [5, 5.41) is 12.0. The van der Waals surface area contributed by atoms with Crippen LogP contribution in [0.3, 0.4) is 0 Å². The predicted octanol–water partition coefficient (Wildman–Crippen LogP) is 3.48. The Morgan fingerprint density at radius 3 is 2.41 bits per heavy atom. The number of nitriles is 1. The molecule has 0 bridgehead atoms. The third-order valence-corrected chi connectivity index (χ3v) is 3.24. The molecule has 0 unspecified atom stereocenters. The zero-order valence-corrected chi connectivity index (χ0v) is 12.6. The van der Waals surface area contributed by atoms with Crippen LogP contribution in [0.2, 0.25) is 0 Å². The number of carbonyl (C=O) groups excluding carboxylic acids is 1. The molecule has 1 amide bonds. The average Bonchev–Trinajstić information content (AvgIpc) is 2.55. The second kappa shape index (κ2) is 7.09. The second-order valence-corrected chi connectivity index (χ2v) is 4.87. The van der Waals surface area contributed by atoms with E-state index in [0.29, 0.717) is 5.69 Å². The highest BCUT2D eigenvalue weighted by Gasteiger charge is 2.11. The van der Waals surface area contributed by atoms with Gasteiger partial charge in [0.15, 0.2) is 0 Å². The van der Waals surface area contributed by atoms with Crippen molar-refractivity contribution in [2.45, 2.75) is 6.92 Å². The Morgan fingerprint density at radius 1 is 1.14 bits per heavy atom. The van der Waals surface area contributed by atoms with Crippen molar-refractivity contribution in [1.29, 1.82) is 5.26 Å². The summed E-state index contributed by atoms with van der Waals surface area (Å²) in [6, 6.07) is 18.9. The number of hydrogen-bond donors (Lipinski definition) is 1. The van der Waals surface area contributed by atoms with E-state index >= 15 is 0 Å². The van der Waals surface area contributed by atoms with E-state index < -0.39 is 5.91 Å². The molecule has 1 N–H and O–H groups in total. The zero-order chi connectivity index (χ0) is 15.9. The Labute approximate surface area is 130 Å². The summed E-state index contributed by atoms with van der Waals surface area (Å²) in [6.45, 7) is 1.90. The van der Waals surface area contributed by atoms with Crippen LogP contribution in [0.1, 0.15) is 5.56 Å².